The Hall–Kier alpha value is -1.77. The fraction of sp³-hybridized carbons (Fsp3) is 0.600. The molecular formula is C25H35FN2. The van der Waals surface area contributed by atoms with E-state index in [4.69, 9.17) is 0 Å². The SMILES string of the molecule is CCCCCc1cnc(-c2ccc([C@H]3CC[C@H](CCCCF)CC3)cc2)nc1. The molecule has 0 amide bonds. The Kier molecular flexibility index (Phi) is 8.44. The van der Waals surface area contributed by atoms with Gasteiger partial charge in [0.05, 0.1) is 6.67 Å². The molecule has 1 aromatic heterocycles. The summed E-state index contributed by atoms with van der Waals surface area (Å²) >= 11 is 0. The molecule has 1 aliphatic rings. The molecular weight excluding hydrogens is 347 g/mol. The lowest BCUT2D eigenvalue weighted by molar-refractivity contribution is 0.298. The van der Waals surface area contributed by atoms with Gasteiger partial charge in [-0.15, -0.1) is 0 Å². The molecule has 3 rings (SSSR count). The number of nitrogens with zero attached hydrogens (tertiary/aromatic N) is 2. The Morgan fingerprint density at radius 2 is 1.61 bits per heavy atom. The topological polar surface area (TPSA) is 25.8 Å². The van der Waals surface area contributed by atoms with Crippen molar-refractivity contribution in [2.24, 2.45) is 5.92 Å². The minimum Gasteiger partial charge on any atom is -0.251 e. The van der Waals surface area contributed by atoms with Crippen LogP contribution in [-0.4, -0.2) is 16.6 Å². The van der Waals surface area contributed by atoms with E-state index in [1.54, 1.807) is 0 Å². The van der Waals surface area contributed by atoms with Gasteiger partial charge in [-0.25, -0.2) is 9.97 Å². The third-order valence-electron chi connectivity index (χ3n) is 6.26. The Morgan fingerprint density at radius 3 is 2.25 bits per heavy atom. The van der Waals surface area contributed by atoms with Crippen LogP contribution < -0.4 is 0 Å². The first kappa shape index (κ1) is 21.0. The molecule has 0 spiro atoms. The smallest absolute Gasteiger partial charge is 0.159 e. The number of aromatic nitrogens is 2. The summed E-state index contributed by atoms with van der Waals surface area (Å²) in [4.78, 5) is 9.16. The lowest BCUT2D eigenvalue weighted by Gasteiger charge is -2.29. The molecule has 1 saturated carbocycles. The zero-order chi connectivity index (χ0) is 19.6. The van der Waals surface area contributed by atoms with Gasteiger partial charge in [0.1, 0.15) is 0 Å². The van der Waals surface area contributed by atoms with E-state index < -0.39 is 0 Å². The van der Waals surface area contributed by atoms with E-state index in [0.717, 1.165) is 36.6 Å². The van der Waals surface area contributed by atoms with E-state index in [1.165, 1.54) is 62.5 Å². The van der Waals surface area contributed by atoms with E-state index in [2.05, 4.69) is 41.2 Å². The molecule has 1 aromatic carbocycles. The van der Waals surface area contributed by atoms with Crippen LogP contribution in [0.4, 0.5) is 4.39 Å². The highest BCUT2D eigenvalue weighted by Crippen LogP contribution is 2.38. The summed E-state index contributed by atoms with van der Waals surface area (Å²) in [5.41, 5.74) is 3.78. The first-order valence-corrected chi connectivity index (χ1v) is 11.3. The van der Waals surface area contributed by atoms with Gasteiger partial charge in [0, 0.05) is 18.0 Å². The quantitative estimate of drug-likeness (QED) is 0.403. The lowest BCUT2D eigenvalue weighted by atomic mass is 9.77. The van der Waals surface area contributed by atoms with Crippen molar-refractivity contribution in [2.45, 2.75) is 83.5 Å². The lowest BCUT2D eigenvalue weighted by Crippen LogP contribution is -2.13. The summed E-state index contributed by atoms with van der Waals surface area (Å²) < 4.78 is 12.3. The van der Waals surface area contributed by atoms with Crippen molar-refractivity contribution in [1.29, 1.82) is 0 Å². The monoisotopic (exact) mass is 382 g/mol. The predicted octanol–water partition coefficient (Wildman–Crippen LogP) is 7.29. The summed E-state index contributed by atoms with van der Waals surface area (Å²) in [5, 5.41) is 0. The van der Waals surface area contributed by atoms with Crippen molar-refractivity contribution in [3.05, 3.63) is 47.8 Å². The number of hydrogen-bond donors (Lipinski definition) is 0. The number of halogens is 1. The molecule has 28 heavy (non-hydrogen) atoms. The second kappa shape index (κ2) is 11.3. The van der Waals surface area contributed by atoms with E-state index in [-0.39, 0.29) is 6.67 Å². The Balaban J connectivity index is 1.51. The van der Waals surface area contributed by atoms with Gasteiger partial charge >= 0.3 is 0 Å². The third kappa shape index (κ3) is 6.12. The fourth-order valence-electron chi connectivity index (χ4n) is 4.43. The average Bonchev–Trinajstić information content (AvgIpc) is 2.75. The molecule has 0 unspecified atom stereocenters. The van der Waals surface area contributed by atoms with E-state index in [0.29, 0.717) is 5.92 Å². The minimum absolute atomic E-state index is 0.160. The Morgan fingerprint density at radius 1 is 0.893 bits per heavy atom. The van der Waals surface area contributed by atoms with Gasteiger partial charge in [-0.1, -0.05) is 56.9 Å². The van der Waals surface area contributed by atoms with Crippen molar-refractivity contribution in [3.63, 3.8) is 0 Å². The van der Waals surface area contributed by atoms with Gasteiger partial charge in [-0.05, 0) is 67.9 Å². The summed E-state index contributed by atoms with van der Waals surface area (Å²) in [6, 6.07) is 8.88. The van der Waals surface area contributed by atoms with Gasteiger partial charge in [-0.2, -0.15) is 0 Å². The molecule has 1 aliphatic carbocycles. The van der Waals surface area contributed by atoms with Crippen LogP contribution in [0, 0.1) is 5.92 Å². The molecule has 0 atom stereocenters. The second-order valence-electron chi connectivity index (χ2n) is 8.40. The fourth-order valence-corrected chi connectivity index (χ4v) is 4.43. The maximum absolute atomic E-state index is 12.3. The summed E-state index contributed by atoms with van der Waals surface area (Å²) in [6.45, 7) is 2.07. The minimum atomic E-state index is -0.160. The second-order valence-corrected chi connectivity index (χ2v) is 8.40. The molecule has 0 bridgehead atoms. The molecule has 0 saturated heterocycles. The summed E-state index contributed by atoms with van der Waals surface area (Å²) in [7, 11) is 0. The zero-order valence-electron chi connectivity index (χ0n) is 17.4. The normalized spacial score (nSPS) is 19.6. The summed E-state index contributed by atoms with van der Waals surface area (Å²) in [6.07, 6.45) is 16.9. The average molecular weight is 383 g/mol. The van der Waals surface area contributed by atoms with Crippen molar-refractivity contribution >= 4 is 0 Å². The van der Waals surface area contributed by atoms with Crippen LogP contribution >= 0.6 is 0 Å². The van der Waals surface area contributed by atoms with E-state index in [9.17, 15) is 4.39 Å². The van der Waals surface area contributed by atoms with Crippen LogP contribution in [0.1, 0.15) is 88.2 Å². The highest BCUT2D eigenvalue weighted by Gasteiger charge is 2.22. The Labute approximate surface area is 170 Å². The highest BCUT2D eigenvalue weighted by atomic mass is 19.1. The zero-order valence-corrected chi connectivity index (χ0v) is 17.4. The number of unbranched alkanes of at least 4 members (excludes halogenated alkanes) is 3. The number of rotatable bonds is 10. The van der Waals surface area contributed by atoms with Crippen LogP contribution in [0.25, 0.3) is 11.4 Å². The largest absolute Gasteiger partial charge is 0.251 e. The van der Waals surface area contributed by atoms with E-state index >= 15 is 0 Å². The van der Waals surface area contributed by atoms with E-state index in [1.807, 2.05) is 12.4 Å². The van der Waals surface area contributed by atoms with Crippen LogP contribution in [0.5, 0.6) is 0 Å². The predicted molar refractivity (Wildman–Crippen MR) is 115 cm³/mol. The van der Waals surface area contributed by atoms with Crippen LogP contribution in [0.2, 0.25) is 0 Å². The molecule has 2 nitrogen and oxygen atoms in total. The van der Waals surface area contributed by atoms with Crippen molar-refractivity contribution in [1.82, 2.24) is 9.97 Å². The number of alkyl halides is 1. The first-order chi connectivity index (χ1) is 13.8. The van der Waals surface area contributed by atoms with Crippen LogP contribution in [0.15, 0.2) is 36.7 Å². The Bertz CT molecular complexity index is 673. The van der Waals surface area contributed by atoms with Crippen molar-refractivity contribution in [2.75, 3.05) is 6.67 Å². The molecule has 1 fully saturated rings. The molecule has 152 valence electrons. The van der Waals surface area contributed by atoms with Gasteiger partial charge in [0.2, 0.25) is 0 Å². The standard InChI is InChI=1S/C25H35FN2/c1-2-3-4-8-21-18-27-25(28-19-21)24-15-13-23(14-16-24)22-11-9-20(10-12-22)7-5-6-17-26/h13-16,18-20,22H,2-12,17H2,1H3/t20-,22-. The molecule has 0 N–H and O–H groups in total. The van der Waals surface area contributed by atoms with Crippen LogP contribution in [0.3, 0.4) is 0 Å². The number of benzene rings is 1. The van der Waals surface area contributed by atoms with Crippen molar-refractivity contribution < 1.29 is 4.39 Å². The number of aryl methyl sites for hydroxylation is 1. The highest BCUT2D eigenvalue weighted by molar-refractivity contribution is 5.55. The molecule has 0 aliphatic heterocycles. The first-order valence-electron chi connectivity index (χ1n) is 11.3. The third-order valence-corrected chi connectivity index (χ3v) is 6.26. The molecule has 3 heteroatoms. The number of hydrogen-bond acceptors (Lipinski definition) is 2. The maximum atomic E-state index is 12.3. The van der Waals surface area contributed by atoms with Gasteiger partial charge < -0.3 is 0 Å². The molecule has 1 heterocycles. The van der Waals surface area contributed by atoms with Gasteiger partial charge in [0.15, 0.2) is 5.82 Å². The van der Waals surface area contributed by atoms with Gasteiger partial charge in [0.25, 0.3) is 0 Å². The van der Waals surface area contributed by atoms with Crippen molar-refractivity contribution in [3.8, 4) is 11.4 Å². The summed E-state index contributed by atoms with van der Waals surface area (Å²) in [5.74, 6) is 2.31. The molecule has 2 aromatic rings. The van der Waals surface area contributed by atoms with Gasteiger partial charge in [-0.3, -0.25) is 4.39 Å². The van der Waals surface area contributed by atoms with Crippen LogP contribution in [-0.2, 0) is 6.42 Å². The molecule has 0 radical (unpaired) electrons. The maximum Gasteiger partial charge on any atom is 0.159 e.